The van der Waals surface area contributed by atoms with Crippen LogP contribution in [0.15, 0.2) is 83.5 Å². The van der Waals surface area contributed by atoms with Crippen LogP contribution in [0, 0.1) is 0 Å². The van der Waals surface area contributed by atoms with Crippen LogP contribution >= 0.6 is 0 Å². The summed E-state index contributed by atoms with van der Waals surface area (Å²) in [7, 11) is 1.46. The Morgan fingerprint density at radius 3 is 2.38 bits per heavy atom. The third-order valence-corrected chi connectivity index (χ3v) is 4.78. The molecule has 1 heterocycles. The van der Waals surface area contributed by atoms with Gasteiger partial charge in [0, 0.05) is 18.2 Å². The second-order valence-electron chi connectivity index (χ2n) is 7.26. The summed E-state index contributed by atoms with van der Waals surface area (Å²) in [6.07, 6.45) is 1.55. The maximum absolute atomic E-state index is 12.3. The van der Waals surface area contributed by atoms with Gasteiger partial charge < -0.3 is 19.5 Å². The topological polar surface area (TPSA) is 103 Å². The molecular weight excluding hydrogens is 436 g/mol. The fourth-order valence-electron chi connectivity index (χ4n) is 3.18. The molecule has 0 bridgehead atoms. The molecule has 4 rings (SSSR count). The molecule has 1 amide bonds. The number of carbonyl (C=O) groups excluding carboxylic acids is 3. The van der Waals surface area contributed by atoms with E-state index in [0.29, 0.717) is 28.1 Å². The maximum atomic E-state index is 12.3. The van der Waals surface area contributed by atoms with Crippen molar-refractivity contribution in [3.05, 3.63) is 95.2 Å². The number of cyclic esters (lactones) is 1. The number of nitrogens with zero attached hydrogens (tertiary/aromatic N) is 1. The van der Waals surface area contributed by atoms with Gasteiger partial charge in [-0.1, -0.05) is 24.3 Å². The summed E-state index contributed by atoms with van der Waals surface area (Å²) in [5, 5.41) is 2.67. The fourth-order valence-corrected chi connectivity index (χ4v) is 3.18. The first-order chi connectivity index (χ1) is 16.4. The predicted octanol–water partition coefficient (Wildman–Crippen LogP) is 4.22. The lowest BCUT2D eigenvalue weighted by Crippen LogP contribution is -2.09. The van der Waals surface area contributed by atoms with E-state index in [4.69, 9.17) is 14.2 Å². The van der Waals surface area contributed by atoms with E-state index >= 15 is 0 Å². The predicted molar refractivity (Wildman–Crippen MR) is 126 cm³/mol. The van der Waals surface area contributed by atoms with E-state index in [-0.39, 0.29) is 23.3 Å². The summed E-state index contributed by atoms with van der Waals surface area (Å²) < 4.78 is 16.1. The largest absolute Gasteiger partial charge is 0.493 e. The summed E-state index contributed by atoms with van der Waals surface area (Å²) in [4.78, 5) is 40.1. The first-order valence-corrected chi connectivity index (χ1v) is 10.3. The van der Waals surface area contributed by atoms with Crippen LogP contribution in [-0.4, -0.2) is 30.9 Å². The molecule has 0 saturated carbocycles. The van der Waals surface area contributed by atoms with E-state index in [9.17, 15) is 14.4 Å². The molecule has 3 aromatic carbocycles. The van der Waals surface area contributed by atoms with E-state index in [1.54, 1.807) is 72.8 Å². The number of carbonyl (C=O) groups is 3. The van der Waals surface area contributed by atoms with Crippen molar-refractivity contribution in [3.63, 3.8) is 0 Å². The van der Waals surface area contributed by atoms with Crippen LogP contribution in [0.3, 0.4) is 0 Å². The maximum Gasteiger partial charge on any atom is 0.363 e. The molecule has 34 heavy (non-hydrogen) atoms. The number of esters is 2. The van der Waals surface area contributed by atoms with Crippen LogP contribution < -0.4 is 14.8 Å². The Morgan fingerprint density at radius 2 is 1.71 bits per heavy atom. The van der Waals surface area contributed by atoms with Gasteiger partial charge in [0.05, 0.1) is 12.7 Å². The molecule has 1 N–H and O–H groups in total. The third-order valence-electron chi connectivity index (χ3n) is 4.78. The summed E-state index contributed by atoms with van der Waals surface area (Å²) >= 11 is 0. The number of methoxy groups -OCH3 is 1. The number of amides is 1. The monoisotopic (exact) mass is 456 g/mol. The Hall–Kier alpha value is -4.72. The number of rotatable bonds is 6. The second-order valence-corrected chi connectivity index (χ2v) is 7.26. The van der Waals surface area contributed by atoms with Crippen molar-refractivity contribution in [2.45, 2.75) is 6.92 Å². The first kappa shape index (κ1) is 22.5. The van der Waals surface area contributed by atoms with Crippen LogP contribution in [-0.2, 0) is 14.3 Å². The Kier molecular flexibility index (Phi) is 6.49. The Labute approximate surface area is 195 Å². The molecule has 0 saturated heterocycles. The van der Waals surface area contributed by atoms with Gasteiger partial charge in [-0.25, -0.2) is 14.6 Å². The molecule has 1 aliphatic rings. The lowest BCUT2D eigenvalue weighted by Gasteiger charge is -2.10. The van der Waals surface area contributed by atoms with Gasteiger partial charge in [-0.3, -0.25) is 4.79 Å². The number of aliphatic imine (C=N–C) groups is 1. The zero-order valence-electron chi connectivity index (χ0n) is 18.4. The van der Waals surface area contributed by atoms with Gasteiger partial charge in [0.15, 0.2) is 17.2 Å². The van der Waals surface area contributed by atoms with E-state index in [0.717, 1.165) is 0 Å². The van der Waals surface area contributed by atoms with Crippen LogP contribution in [0.5, 0.6) is 11.5 Å². The SMILES string of the molecule is COc1cc(/C=C2\N=C(c3ccc(NC(C)=O)cc3)OC2=O)ccc1OC(=O)c1ccccc1. The van der Waals surface area contributed by atoms with Crippen LogP contribution in [0.1, 0.15) is 28.4 Å². The lowest BCUT2D eigenvalue weighted by atomic mass is 10.1. The highest BCUT2D eigenvalue weighted by Crippen LogP contribution is 2.30. The number of anilines is 1. The molecular formula is C26H20N2O6. The van der Waals surface area contributed by atoms with Crippen LogP contribution in [0.2, 0.25) is 0 Å². The standard InChI is InChI=1S/C26H20N2O6/c1-16(29)27-20-11-9-18(10-12-20)24-28-21(26(31)34-24)14-17-8-13-22(23(15-17)32-2)33-25(30)19-6-4-3-5-7-19/h3-15H,1-2H3,(H,27,29)/b21-14-. The normalized spacial score (nSPS) is 13.8. The molecule has 8 nitrogen and oxygen atoms in total. The number of nitrogens with one attached hydrogen (secondary N) is 1. The highest BCUT2D eigenvalue weighted by atomic mass is 16.6. The molecule has 0 unspecified atom stereocenters. The van der Waals surface area contributed by atoms with Gasteiger partial charge in [-0.15, -0.1) is 0 Å². The second kappa shape index (κ2) is 9.83. The summed E-state index contributed by atoms with van der Waals surface area (Å²) in [6, 6.07) is 20.3. The highest BCUT2D eigenvalue weighted by Gasteiger charge is 2.24. The quantitative estimate of drug-likeness (QED) is 0.339. The van der Waals surface area contributed by atoms with E-state index < -0.39 is 11.9 Å². The van der Waals surface area contributed by atoms with Crippen molar-refractivity contribution in [2.24, 2.45) is 4.99 Å². The van der Waals surface area contributed by atoms with Crippen LogP contribution in [0.25, 0.3) is 6.08 Å². The van der Waals surface area contributed by atoms with Gasteiger partial charge in [0.2, 0.25) is 11.8 Å². The molecule has 0 aliphatic carbocycles. The average Bonchev–Trinajstić information content (AvgIpc) is 3.20. The Balaban J connectivity index is 1.53. The zero-order chi connectivity index (χ0) is 24.1. The summed E-state index contributed by atoms with van der Waals surface area (Å²) in [5.41, 5.74) is 2.34. The number of hydrogen-bond donors (Lipinski definition) is 1. The number of hydrogen-bond acceptors (Lipinski definition) is 7. The average molecular weight is 456 g/mol. The number of benzene rings is 3. The molecule has 0 spiro atoms. The minimum Gasteiger partial charge on any atom is -0.493 e. The van der Waals surface area contributed by atoms with E-state index in [2.05, 4.69) is 10.3 Å². The molecule has 3 aromatic rings. The van der Waals surface area contributed by atoms with Crippen molar-refractivity contribution in [1.82, 2.24) is 0 Å². The molecule has 8 heteroatoms. The van der Waals surface area contributed by atoms with Crippen LogP contribution in [0.4, 0.5) is 5.69 Å². The van der Waals surface area contributed by atoms with Gasteiger partial charge in [0.1, 0.15) is 0 Å². The fraction of sp³-hybridized carbons (Fsp3) is 0.0769. The van der Waals surface area contributed by atoms with Crippen molar-refractivity contribution in [2.75, 3.05) is 12.4 Å². The highest BCUT2D eigenvalue weighted by molar-refractivity contribution is 6.13. The van der Waals surface area contributed by atoms with Crippen molar-refractivity contribution in [3.8, 4) is 11.5 Å². The first-order valence-electron chi connectivity index (χ1n) is 10.3. The summed E-state index contributed by atoms with van der Waals surface area (Å²) in [6.45, 7) is 1.42. The van der Waals surface area contributed by atoms with Gasteiger partial charge in [-0.2, -0.15) is 0 Å². The number of ether oxygens (including phenoxy) is 3. The van der Waals surface area contributed by atoms with Gasteiger partial charge in [0.25, 0.3) is 0 Å². The van der Waals surface area contributed by atoms with E-state index in [1.807, 2.05) is 6.07 Å². The third kappa shape index (κ3) is 5.18. The summed E-state index contributed by atoms with van der Waals surface area (Å²) in [5.74, 6) is -0.564. The van der Waals surface area contributed by atoms with E-state index in [1.165, 1.54) is 14.0 Å². The smallest absolute Gasteiger partial charge is 0.363 e. The lowest BCUT2D eigenvalue weighted by molar-refractivity contribution is -0.129. The van der Waals surface area contributed by atoms with Gasteiger partial charge >= 0.3 is 11.9 Å². The van der Waals surface area contributed by atoms with Gasteiger partial charge in [-0.05, 0) is 60.2 Å². The molecule has 0 aromatic heterocycles. The molecule has 0 atom stereocenters. The van der Waals surface area contributed by atoms with Crippen molar-refractivity contribution >= 4 is 35.5 Å². The molecule has 0 radical (unpaired) electrons. The Bertz CT molecular complexity index is 1310. The molecule has 170 valence electrons. The minimum absolute atomic E-state index is 0.108. The van der Waals surface area contributed by atoms with Crippen molar-refractivity contribution < 1.29 is 28.6 Å². The minimum atomic E-state index is -0.598. The molecule has 1 aliphatic heterocycles. The molecule has 0 fully saturated rings. The van der Waals surface area contributed by atoms with Crippen molar-refractivity contribution in [1.29, 1.82) is 0 Å². The zero-order valence-corrected chi connectivity index (χ0v) is 18.4. The Morgan fingerprint density at radius 1 is 0.971 bits per heavy atom.